The Hall–Kier alpha value is -0.830. The van der Waals surface area contributed by atoms with E-state index in [0.717, 1.165) is 29.5 Å². The van der Waals surface area contributed by atoms with Gasteiger partial charge in [0.1, 0.15) is 0 Å². The topological polar surface area (TPSA) is 20.3 Å². The highest BCUT2D eigenvalue weighted by Crippen LogP contribution is 2.26. The highest BCUT2D eigenvalue weighted by atomic mass is 79.9. The minimum Gasteiger partial charge on any atom is -0.338 e. The van der Waals surface area contributed by atoms with Crippen molar-refractivity contribution >= 4 is 21.8 Å². The molecule has 1 aromatic carbocycles. The maximum absolute atomic E-state index is 12.5. The molecule has 2 nitrogen and oxygen atoms in total. The molecule has 0 N–H and O–H groups in total. The molecule has 100 valence electrons. The van der Waals surface area contributed by atoms with Gasteiger partial charge in [0.15, 0.2) is 0 Å². The third-order valence-electron chi connectivity index (χ3n) is 2.99. The molecule has 0 fully saturated rings. The van der Waals surface area contributed by atoms with Crippen molar-refractivity contribution in [3.63, 3.8) is 0 Å². The van der Waals surface area contributed by atoms with Gasteiger partial charge in [-0.15, -0.1) is 0 Å². The molecule has 0 saturated heterocycles. The number of benzene rings is 1. The Kier molecular flexibility index (Phi) is 5.39. The number of carbonyl (C=O) groups excluding carboxylic acids is 1. The van der Waals surface area contributed by atoms with Crippen LogP contribution in [0.5, 0.6) is 0 Å². The summed E-state index contributed by atoms with van der Waals surface area (Å²) >= 11 is 3.40. The fourth-order valence-electron chi connectivity index (χ4n) is 2.00. The summed E-state index contributed by atoms with van der Waals surface area (Å²) < 4.78 is 0. The molecule has 0 spiro atoms. The van der Waals surface area contributed by atoms with E-state index in [4.69, 9.17) is 0 Å². The van der Waals surface area contributed by atoms with Gasteiger partial charge in [0.05, 0.1) is 0 Å². The van der Waals surface area contributed by atoms with Crippen LogP contribution in [-0.2, 0) is 5.41 Å². The van der Waals surface area contributed by atoms with E-state index < -0.39 is 0 Å². The van der Waals surface area contributed by atoms with Crippen LogP contribution in [0.4, 0.5) is 0 Å². The Morgan fingerprint density at radius 2 is 1.89 bits per heavy atom. The van der Waals surface area contributed by atoms with E-state index in [0.29, 0.717) is 0 Å². The highest BCUT2D eigenvalue weighted by molar-refractivity contribution is 9.09. The predicted molar refractivity (Wildman–Crippen MR) is 80.5 cm³/mol. The predicted octanol–water partition coefficient (Wildman–Crippen LogP) is 3.84. The molecule has 0 saturated carbocycles. The van der Waals surface area contributed by atoms with Crippen LogP contribution in [0.3, 0.4) is 0 Å². The average molecular weight is 312 g/mol. The molecule has 3 heteroatoms. The van der Waals surface area contributed by atoms with Crippen LogP contribution < -0.4 is 0 Å². The second-order valence-electron chi connectivity index (χ2n) is 5.37. The Bertz CT molecular complexity index is 409. The van der Waals surface area contributed by atoms with Crippen LogP contribution in [0, 0.1) is 0 Å². The molecule has 1 aromatic rings. The lowest BCUT2D eigenvalue weighted by atomic mass is 9.83. The Morgan fingerprint density at radius 1 is 1.28 bits per heavy atom. The molecule has 0 aromatic heterocycles. The number of alkyl halides is 1. The zero-order valence-corrected chi connectivity index (χ0v) is 13.3. The number of hydrogen-bond donors (Lipinski definition) is 0. The molecule has 18 heavy (non-hydrogen) atoms. The first-order valence-corrected chi connectivity index (χ1v) is 7.48. The number of halogens is 1. The zero-order valence-electron chi connectivity index (χ0n) is 11.7. The van der Waals surface area contributed by atoms with Gasteiger partial charge in [0.2, 0.25) is 0 Å². The first kappa shape index (κ1) is 15.2. The van der Waals surface area contributed by atoms with Gasteiger partial charge < -0.3 is 4.90 Å². The van der Waals surface area contributed by atoms with Crippen LogP contribution in [0.2, 0.25) is 0 Å². The molecule has 0 aliphatic heterocycles. The number of amides is 1. The number of rotatable bonds is 4. The third-order valence-corrected chi connectivity index (χ3v) is 3.34. The molecule has 0 atom stereocenters. The monoisotopic (exact) mass is 311 g/mol. The van der Waals surface area contributed by atoms with E-state index in [-0.39, 0.29) is 11.3 Å². The van der Waals surface area contributed by atoms with Crippen LogP contribution >= 0.6 is 15.9 Å². The minimum atomic E-state index is -0.0138. The van der Waals surface area contributed by atoms with Crippen molar-refractivity contribution in [2.24, 2.45) is 0 Å². The summed E-state index contributed by atoms with van der Waals surface area (Å²) in [4.78, 5) is 14.4. The van der Waals surface area contributed by atoms with Crippen LogP contribution in [0.15, 0.2) is 24.3 Å². The summed E-state index contributed by atoms with van der Waals surface area (Å²) in [7, 11) is 0. The lowest BCUT2D eigenvalue weighted by Crippen LogP contribution is -2.34. The zero-order chi connectivity index (χ0) is 13.8. The summed E-state index contributed by atoms with van der Waals surface area (Å²) in [5.41, 5.74) is 1.93. The van der Waals surface area contributed by atoms with Crippen LogP contribution in [-0.4, -0.2) is 29.2 Å². The third kappa shape index (κ3) is 3.58. The molecule has 0 radical (unpaired) electrons. The summed E-state index contributed by atoms with van der Waals surface area (Å²) in [5.74, 6) is 0.127. The number of hydrogen-bond acceptors (Lipinski definition) is 1. The van der Waals surface area contributed by atoms with Gasteiger partial charge in [0.25, 0.3) is 5.91 Å². The summed E-state index contributed by atoms with van der Waals surface area (Å²) in [6, 6.07) is 7.91. The Labute approximate surface area is 119 Å². The number of nitrogens with zero attached hydrogens (tertiary/aromatic N) is 1. The summed E-state index contributed by atoms with van der Waals surface area (Å²) in [6.45, 7) is 9.91. The molecule has 1 amide bonds. The molecule has 0 bridgehead atoms. The largest absolute Gasteiger partial charge is 0.338 e. The van der Waals surface area contributed by atoms with Gasteiger partial charge in [-0.05, 0) is 24.0 Å². The summed E-state index contributed by atoms with van der Waals surface area (Å²) in [6.07, 6.45) is 0. The molecule has 0 heterocycles. The lowest BCUT2D eigenvalue weighted by molar-refractivity contribution is 0.0772. The first-order chi connectivity index (χ1) is 8.41. The first-order valence-electron chi connectivity index (χ1n) is 6.36. The normalized spacial score (nSPS) is 11.4. The van der Waals surface area contributed by atoms with E-state index in [9.17, 15) is 4.79 Å². The fourth-order valence-corrected chi connectivity index (χ4v) is 2.43. The van der Waals surface area contributed by atoms with Crippen molar-refractivity contribution < 1.29 is 4.79 Å². The quantitative estimate of drug-likeness (QED) is 0.774. The van der Waals surface area contributed by atoms with Gasteiger partial charge in [-0.1, -0.05) is 54.9 Å². The average Bonchev–Trinajstić information content (AvgIpc) is 2.34. The van der Waals surface area contributed by atoms with Crippen molar-refractivity contribution in [1.29, 1.82) is 0 Å². The SMILES string of the molecule is CCN(CCBr)C(=O)c1ccccc1C(C)(C)C. The summed E-state index contributed by atoms with van der Waals surface area (Å²) in [5, 5.41) is 0.810. The molecule has 1 rings (SSSR count). The van der Waals surface area contributed by atoms with Crippen molar-refractivity contribution in [2.75, 3.05) is 18.4 Å². The van der Waals surface area contributed by atoms with Gasteiger partial charge in [-0.3, -0.25) is 4.79 Å². The van der Waals surface area contributed by atoms with Crippen molar-refractivity contribution in [3.8, 4) is 0 Å². The van der Waals surface area contributed by atoms with Gasteiger partial charge >= 0.3 is 0 Å². The fraction of sp³-hybridized carbons (Fsp3) is 0.533. The Morgan fingerprint density at radius 3 is 2.39 bits per heavy atom. The second kappa shape index (κ2) is 6.37. The van der Waals surface area contributed by atoms with Gasteiger partial charge in [-0.2, -0.15) is 0 Å². The van der Waals surface area contributed by atoms with E-state index in [2.05, 4.69) is 42.8 Å². The standard InChI is InChI=1S/C15H22BrNO/c1-5-17(11-10-16)14(18)12-8-6-7-9-13(12)15(2,3)4/h6-9H,5,10-11H2,1-4H3. The van der Waals surface area contributed by atoms with Crippen molar-refractivity contribution in [3.05, 3.63) is 35.4 Å². The van der Waals surface area contributed by atoms with Crippen molar-refractivity contribution in [2.45, 2.75) is 33.1 Å². The smallest absolute Gasteiger partial charge is 0.254 e. The Balaban J connectivity index is 3.13. The molecule has 0 aliphatic carbocycles. The van der Waals surface area contributed by atoms with E-state index in [1.54, 1.807) is 0 Å². The van der Waals surface area contributed by atoms with E-state index >= 15 is 0 Å². The van der Waals surface area contributed by atoms with Crippen LogP contribution in [0.1, 0.15) is 43.6 Å². The minimum absolute atomic E-state index is 0.0138. The van der Waals surface area contributed by atoms with E-state index in [1.807, 2.05) is 30.0 Å². The second-order valence-corrected chi connectivity index (χ2v) is 6.16. The maximum atomic E-state index is 12.5. The van der Waals surface area contributed by atoms with Gasteiger partial charge in [-0.25, -0.2) is 0 Å². The number of carbonyl (C=O) groups is 1. The van der Waals surface area contributed by atoms with Gasteiger partial charge in [0, 0.05) is 24.0 Å². The molecular weight excluding hydrogens is 290 g/mol. The molecule has 0 unspecified atom stereocenters. The van der Waals surface area contributed by atoms with Crippen LogP contribution in [0.25, 0.3) is 0 Å². The maximum Gasteiger partial charge on any atom is 0.254 e. The van der Waals surface area contributed by atoms with Crippen molar-refractivity contribution in [1.82, 2.24) is 4.90 Å². The van der Waals surface area contributed by atoms with E-state index in [1.165, 1.54) is 0 Å². The molecule has 0 aliphatic rings. The highest BCUT2D eigenvalue weighted by Gasteiger charge is 2.23. The lowest BCUT2D eigenvalue weighted by Gasteiger charge is -2.26. The molecular formula is C15H22BrNO.